The van der Waals surface area contributed by atoms with Crippen LogP contribution in [0.2, 0.25) is 0 Å². The highest BCUT2D eigenvalue weighted by molar-refractivity contribution is 7.89. The first-order valence-corrected chi connectivity index (χ1v) is 16.4. The van der Waals surface area contributed by atoms with Crippen LogP contribution in [-0.2, 0) is 26.0 Å². The minimum atomic E-state index is -4.33. The Morgan fingerprint density at radius 3 is 2.28 bits per heavy atom. The third kappa shape index (κ3) is 6.53. The van der Waals surface area contributed by atoms with Gasteiger partial charge in [0.25, 0.3) is 0 Å². The molecule has 0 bridgehead atoms. The number of Topliss-reactive ketones (excluding diaryl/α,β-unsaturated/α-hetero) is 1. The van der Waals surface area contributed by atoms with Gasteiger partial charge < -0.3 is 24.9 Å². The number of carbonyl (C=O) groups excluding carboxylic acids is 3. The second kappa shape index (κ2) is 13.2. The number of aromatic nitrogens is 1. The lowest BCUT2D eigenvalue weighted by molar-refractivity contribution is -0.646. The number of rotatable bonds is 9. The van der Waals surface area contributed by atoms with Crippen LogP contribution in [0.3, 0.4) is 0 Å². The van der Waals surface area contributed by atoms with Crippen molar-refractivity contribution < 1.29 is 37.0 Å². The van der Waals surface area contributed by atoms with Crippen LogP contribution in [0.4, 0.5) is 4.79 Å². The molecule has 3 aromatic carbocycles. The molecule has 0 saturated carbocycles. The van der Waals surface area contributed by atoms with Crippen LogP contribution in [0.25, 0.3) is 11.1 Å². The molecule has 0 spiro atoms. The van der Waals surface area contributed by atoms with Gasteiger partial charge in [0.05, 0.1) is 19.7 Å². The highest BCUT2D eigenvalue weighted by Crippen LogP contribution is 2.34. The van der Waals surface area contributed by atoms with Crippen molar-refractivity contribution >= 4 is 27.8 Å². The van der Waals surface area contributed by atoms with E-state index in [1.54, 1.807) is 36.4 Å². The molecule has 2 saturated heterocycles. The van der Waals surface area contributed by atoms with Crippen molar-refractivity contribution in [1.29, 1.82) is 0 Å². The third-order valence-corrected chi connectivity index (χ3v) is 10.2. The fraction of sp³-hybridized carbons (Fsp3) is 0.235. The molecule has 2 aliphatic heterocycles. The zero-order chi connectivity index (χ0) is 33.1. The maximum atomic E-state index is 14.1. The Bertz CT molecular complexity index is 1890. The summed E-state index contributed by atoms with van der Waals surface area (Å²) in [6.45, 7) is -0.400. The summed E-state index contributed by atoms with van der Waals surface area (Å²) in [6, 6.07) is 24.5. The number of methoxy groups -OCH3 is 1. The Morgan fingerprint density at radius 1 is 0.936 bits per heavy atom. The number of hydrogen-bond donors (Lipinski definition) is 1. The number of benzene rings is 3. The summed E-state index contributed by atoms with van der Waals surface area (Å²) in [5, 5.41) is 14.4. The van der Waals surface area contributed by atoms with Crippen molar-refractivity contribution in [3.63, 3.8) is 0 Å². The van der Waals surface area contributed by atoms with Gasteiger partial charge in [-0.05, 0) is 53.4 Å². The fourth-order valence-electron chi connectivity index (χ4n) is 6.10. The Morgan fingerprint density at radius 2 is 1.60 bits per heavy atom. The van der Waals surface area contributed by atoms with Crippen LogP contribution < -0.4 is 19.5 Å². The summed E-state index contributed by atoms with van der Waals surface area (Å²) in [6.07, 6.45) is 0.445. The molecule has 3 heterocycles. The van der Waals surface area contributed by atoms with Crippen molar-refractivity contribution in [1.82, 2.24) is 14.5 Å². The molecule has 1 aromatic heterocycles. The van der Waals surface area contributed by atoms with Gasteiger partial charge in [-0.2, -0.15) is 9.04 Å². The predicted octanol–water partition coefficient (Wildman–Crippen LogP) is 2.94. The summed E-state index contributed by atoms with van der Waals surface area (Å²) in [7, 11) is -2.80. The standard InChI is InChI=1S/C34H32N4O8S/c1-45-26-14-10-23(11-15-26)21-28(35-34(41)46-27-16-12-25(13-17-27)24-7-3-2-4-8-24)33(40)36-20-18-29-32(36)30(39)22-38(29)47(43,44)31-9-5-6-19-37(31)42/h2-17,19,28-29,32H,18,20-22H2,1H3,(H,35,41). The van der Waals surface area contributed by atoms with Gasteiger partial charge in [0, 0.05) is 25.1 Å². The number of pyridine rings is 1. The van der Waals surface area contributed by atoms with Crippen molar-refractivity contribution in [3.8, 4) is 22.6 Å². The lowest BCUT2D eigenvalue weighted by atomic mass is 10.0. The molecule has 242 valence electrons. The van der Waals surface area contributed by atoms with Gasteiger partial charge in [-0.1, -0.05) is 54.6 Å². The number of fused-ring (bicyclic) bond motifs is 1. The predicted molar refractivity (Wildman–Crippen MR) is 170 cm³/mol. The number of ketones is 1. The van der Waals surface area contributed by atoms with Gasteiger partial charge in [-0.3, -0.25) is 9.59 Å². The van der Waals surface area contributed by atoms with E-state index in [1.165, 1.54) is 30.2 Å². The van der Waals surface area contributed by atoms with Crippen LogP contribution in [0.15, 0.2) is 108 Å². The molecule has 0 radical (unpaired) electrons. The quantitative estimate of drug-likeness (QED) is 0.214. The molecular weight excluding hydrogens is 624 g/mol. The minimum absolute atomic E-state index is 0.0646. The third-order valence-electron chi connectivity index (χ3n) is 8.38. The first-order valence-electron chi connectivity index (χ1n) is 15.0. The maximum absolute atomic E-state index is 14.1. The monoisotopic (exact) mass is 656 g/mol. The fourth-order valence-corrected chi connectivity index (χ4v) is 7.75. The van der Waals surface area contributed by atoms with E-state index < -0.39 is 57.5 Å². The topological polar surface area (TPSA) is 149 Å². The summed E-state index contributed by atoms with van der Waals surface area (Å²) < 4.78 is 38.9. The highest BCUT2D eigenvalue weighted by atomic mass is 32.2. The van der Waals surface area contributed by atoms with Crippen LogP contribution in [0.1, 0.15) is 12.0 Å². The highest BCUT2D eigenvalue weighted by Gasteiger charge is 2.55. The number of amides is 2. The second-order valence-electron chi connectivity index (χ2n) is 11.2. The zero-order valence-corrected chi connectivity index (χ0v) is 26.2. The Hall–Kier alpha value is -5.27. The molecule has 1 N–H and O–H groups in total. The maximum Gasteiger partial charge on any atom is 0.413 e. The Balaban J connectivity index is 1.21. The molecule has 4 aromatic rings. The van der Waals surface area contributed by atoms with E-state index in [-0.39, 0.29) is 29.9 Å². The Kier molecular flexibility index (Phi) is 8.92. The van der Waals surface area contributed by atoms with Crippen LogP contribution in [0.5, 0.6) is 11.5 Å². The molecular formula is C34H32N4O8S. The first kappa shape index (κ1) is 31.7. The largest absolute Gasteiger partial charge is 0.618 e. The lowest BCUT2D eigenvalue weighted by Gasteiger charge is -2.28. The number of nitrogens with zero attached hydrogens (tertiary/aromatic N) is 3. The van der Waals surface area contributed by atoms with E-state index in [0.717, 1.165) is 21.6 Å². The molecule has 47 heavy (non-hydrogen) atoms. The van der Waals surface area contributed by atoms with Gasteiger partial charge in [-0.25, -0.2) is 13.2 Å². The molecule has 12 nitrogen and oxygen atoms in total. The summed E-state index contributed by atoms with van der Waals surface area (Å²) in [5.41, 5.74) is 2.64. The van der Waals surface area contributed by atoms with E-state index in [9.17, 15) is 28.0 Å². The number of likely N-dealkylation sites (tertiary alicyclic amines) is 1. The normalized spacial score (nSPS) is 18.4. The summed E-state index contributed by atoms with van der Waals surface area (Å²) >= 11 is 0. The first-order chi connectivity index (χ1) is 22.7. The van der Waals surface area contributed by atoms with E-state index in [4.69, 9.17) is 9.47 Å². The second-order valence-corrected chi connectivity index (χ2v) is 13.1. The number of sulfonamides is 1. The van der Waals surface area contributed by atoms with Gasteiger partial charge in [0.15, 0.2) is 12.0 Å². The van der Waals surface area contributed by atoms with E-state index in [1.807, 2.05) is 42.5 Å². The van der Waals surface area contributed by atoms with Gasteiger partial charge >= 0.3 is 21.1 Å². The smallest absolute Gasteiger partial charge is 0.413 e. The Labute approximate surface area is 271 Å². The molecule has 3 unspecified atom stereocenters. The number of carbonyl (C=O) groups is 3. The van der Waals surface area contributed by atoms with Crippen LogP contribution in [0, 0.1) is 5.21 Å². The summed E-state index contributed by atoms with van der Waals surface area (Å²) in [5.74, 6) is -0.151. The zero-order valence-electron chi connectivity index (χ0n) is 25.4. The number of hydrogen-bond acceptors (Lipinski definition) is 8. The van der Waals surface area contributed by atoms with E-state index in [2.05, 4.69) is 5.32 Å². The van der Waals surface area contributed by atoms with Gasteiger partial charge in [0.1, 0.15) is 23.6 Å². The molecule has 3 atom stereocenters. The van der Waals surface area contributed by atoms with Crippen molar-refractivity contribution in [2.24, 2.45) is 0 Å². The van der Waals surface area contributed by atoms with Crippen LogP contribution in [-0.4, -0.2) is 73.7 Å². The molecule has 2 amide bonds. The average Bonchev–Trinajstić information content (AvgIpc) is 3.66. The molecule has 2 aliphatic rings. The van der Waals surface area contributed by atoms with E-state index >= 15 is 0 Å². The van der Waals surface area contributed by atoms with Crippen molar-refractivity contribution in [3.05, 3.63) is 114 Å². The van der Waals surface area contributed by atoms with E-state index in [0.29, 0.717) is 11.3 Å². The van der Waals surface area contributed by atoms with Gasteiger partial charge in [0.2, 0.25) is 5.91 Å². The molecule has 0 aliphatic carbocycles. The molecule has 13 heteroatoms. The molecule has 2 fully saturated rings. The SMILES string of the molecule is COc1ccc(CC(NC(=O)Oc2ccc(-c3ccccc3)cc2)C(=O)N2CCC3C2C(=O)CN3S(=O)(=O)c2cccc[n+]2[O-])cc1. The summed E-state index contributed by atoms with van der Waals surface area (Å²) in [4.78, 5) is 41.8. The van der Waals surface area contributed by atoms with Crippen molar-refractivity contribution in [2.75, 3.05) is 20.2 Å². The number of nitrogens with one attached hydrogen (secondary N) is 1. The van der Waals surface area contributed by atoms with Crippen molar-refractivity contribution in [2.45, 2.75) is 36.0 Å². The lowest BCUT2D eigenvalue weighted by Crippen LogP contribution is -2.53. The minimum Gasteiger partial charge on any atom is -0.618 e. The number of ether oxygens (including phenoxy) is 2. The molecule has 6 rings (SSSR count). The van der Waals surface area contributed by atoms with Crippen LogP contribution >= 0.6 is 0 Å². The van der Waals surface area contributed by atoms with Gasteiger partial charge in [-0.15, -0.1) is 0 Å². The average molecular weight is 657 g/mol.